The Bertz CT molecular complexity index is 850. The van der Waals surface area contributed by atoms with Crippen molar-refractivity contribution in [3.63, 3.8) is 0 Å². The van der Waals surface area contributed by atoms with Crippen LogP contribution in [-0.2, 0) is 11.3 Å². The summed E-state index contributed by atoms with van der Waals surface area (Å²) in [6, 6.07) is 16.1. The highest BCUT2D eigenvalue weighted by Crippen LogP contribution is 2.25. The van der Waals surface area contributed by atoms with Gasteiger partial charge in [-0.1, -0.05) is 24.3 Å². The van der Waals surface area contributed by atoms with Gasteiger partial charge in [-0.25, -0.2) is 4.39 Å². The fourth-order valence-electron chi connectivity index (χ4n) is 3.25. The van der Waals surface area contributed by atoms with Crippen LogP contribution in [0.5, 0.6) is 0 Å². The van der Waals surface area contributed by atoms with Crippen LogP contribution in [0.15, 0.2) is 53.5 Å². The summed E-state index contributed by atoms with van der Waals surface area (Å²) in [4.78, 5) is 6.55. The largest absolute Gasteiger partial charge is 0.367 e. The third-order valence-electron chi connectivity index (χ3n) is 4.52. The van der Waals surface area contributed by atoms with Crippen LogP contribution in [0.2, 0.25) is 0 Å². The van der Waals surface area contributed by atoms with Crippen molar-refractivity contribution < 1.29 is 9.13 Å². The predicted molar refractivity (Wildman–Crippen MR) is 118 cm³/mol. The Hall–Kier alpha value is -2.18. The molecule has 1 fully saturated rings. The molecule has 0 saturated carbocycles. The van der Waals surface area contributed by atoms with Gasteiger partial charge in [0, 0.05) is 20.1 Å². The molecule has 0 aromatic heterocycles. The Morgan fingerprint density at radius 2 is 2.04 bits per heavy atom. The van der Waals surface area contributed by atoms with E-state index in [9.17, 15) is 4.39 Å². The maximum absolute atomic E-state index is 13.2. The maximum Gasteiger partial charge on any atom is 0.194 e. The number of nitriles is 1. The first-order valence-electron chi connectivity index (χ1n) is 8.94. The van der Waals surface area contributed by atoms with Crippen molar-refractivity contribution in [3.8, 4) is 6.07 Å². The van der Waals surface area contributed by atoms with Gasteiger partial charge in [-0.05, 0) is 42.3 Å². The number of hydrogen-bond acceptors (Lipinski definition) is 3. The van der Waals surface area contributed by atoms with Gasteiger partial charge in [-0.2, -0.15) is 5.26 Å². The summed E-state index contributed by atoms with van der Waals surface area (Å²) in [5.41, 5.74) is 2.61. The average Bonchev–Trinajstić information content (AvgIpc) is 2.69. The molecule has 28 heavy (non-hydrogen) atoms. The molecule has 0 spiro atoms. The molecule has 3 rings (SSSR count). The first-order valence-corrected chi connectivity index (χ1v) is 8.94. The molecule has 1 aliphatic rings. The van der Waals surface area contributed by atoms with E-state index in [2.05, 4.69) is 21.3 Å². The third kappa shape index (κ3) is 5.66. The van der Waals surface area contributed by atoms with Gasteiger partial charge < -0.3 is 15.0 Å². The number of rotatable bonds is 3. The second kappa shape index (κ2) is 10.4. The number of nitrogens with zero attached hydrogens (tertiary/aromatic N) is 3. The van der Waals surface area contributed by atoms with Crippen LogP contribution < -0.4 is 5.32 Å². The molecule has 2 aromatic rings. The van der Waals surface area contributed by atoms with E-state index >= 15 is 0 Å². The topological polar surface area (TPSA) is 60.7 Å². The average molecular weight is 494 g/mol. The Morgan fingerprint density at radius 3 is 2.71 bits per heavy atom. The van der Waals surface area contributed by atoms with Gasteiger partial charge in [-0.15, -0.1) is 24.0 Å². The van der Waals surface area contributed by atoms with E-state index in [0.717, 1.165) is 23.6 Å². The third-order valence-corrected chi connectivity index (χ3v) is 4.52. The van der Waals surface area contributed by atoms with Crippen LogP contribution in [0.4, 0.5) is 4.39 Å². The number of morpholine rings is 1. The number of guanidine groups is 1. The Kier molecular flexibility index (Phi) is 8.20. The minimum atomic E-state index is -0.253. The maximum atomic E-state index is 13.2. The number of nitrogens with one attached hydrogen (secondary N) is 1. The van der Waals surface area contributed by atoms with Crippen molar-refractivity contribution in [2.75, 3.05) is 20.1 Å². The normalized spacial score (nSPS) is 19.5. The summed E-state index contributed by atoms with van der Waals surface area (Å²) >= 11 is 0. The molecule has 2 aromatic carbocycles. The molecule has 2 unspecified atom stereocenters. The van der Waals surface area contributed by atoms with E-state index in [1.807, 2.05) is 25.1 Å². The van der Waals surface area contributed by atoms with Crippen molar-refractivity contribution in [2.24, 2.45) is 4.99 Å². The number of hydrogen-bond donors (Lipinski definition) is 1. The Balaban J connectivity index is 0.00000280. The van der Waals surface area contributed by atoms with E-state index < -0.39 is 0 Å². The Labute approximate surface area is 182 Å². The van der Waals surface area contributed by atoms with E-state index in [4.69, 9.17) is 10.00 Å². The van der Waals surface area contributed by atoms with Gasteiger partial charge in [0.2, 0.25) is 0 Å². The van der Waals surface area contributed by atoms with Crippen LogP contribution in [-0.4, -0.2) is 37.1 Å². The molecule has 5 nitrogen and oxygen atoms in total. The highest BCUT2D eigenvalue weighted by Gasteiger charge is 2.28. The molecule has 2 atom stereocenters. The van der Waals surface area contributed by atoms with E-state index in [0.29, 0.717) is 18.7 Å². The van der Waals surface area contributed by atoms with Crippen LogP contribution in [0.25, 0.3) is 0 Å². The van der Waals surface area contributed by atoms with E-state index in [1.54, 1.807) is 25.2 Å². The van der Waals surface area contributed by atoms with Crippen molar-refractivity contribution in [2.45, 2.75) is 25.7 Å². The lowest BCUT2D eigenvalue weighted by Gasteiger charge is -2.38. The number of ether oxygens (including phenoxy) is 1. The van der Waals surface area contributed by atoms with Crippen molar-refractivity contribution in [1.82, 2.24) is 10.2 Å². The van der Waals surface area contributed by atoms with E-state index in [1.165, 1.54) is 12.1 Å². The fraction of sp³-hybridized carbons (Fsp3) is 0.333. The standard InChI is InChI=1S/C21H23FN4O.HI/c1-15-13-26(14-20(27-15)18-6-8-19(22)9-7-18)21(24-2)25-12-17-5-3-4-16(10-17)11-23;/h3-10,15,20H,12-14H2,1-2H3,(H,24,25);1H. The smallest absolute Gasteiger partial charge is 0.194 e. The van der Waals surface area contributed by atoms with Crippen LogP contribution >= 0.6 is 24.0 Å². The molecule has 7 heteroatoms. The van der Waals surface area contributed by atoms with Gasteiger partial charge in [0.1, 0.15) is 11.9 Å². The molecule has 0 aliphatic carbocycles. The molecule has 1 N–H and O–H groups in total. The summed E-state index contributed by atoms with van der Waals surface area (Å²) in [5.74, 6) is 0.524. The predicted octanol–water partition coefficient (Wildman–Crippen LogP) is 3.85. The quantitative estimate of drug-likeness (QED) is 0.400. The first-order chi connectivity index (χ1) is 13.1. The summed E-state index contributed by atoms with van der Waals surface area (Å²) < 4.78 is 19.3. The molecule has 1 heterocycles. The minimum absolute atomic E-state index is 0. The van der Waals surface area contributed by atoms with Crippen molar-refractivity contribution in [1.29, 1.82) is 5.26 Å². The summed E-state index contributed by atoms with van der Waals surface area (Å²) in [7, 11) is 1.75. The highest BCUT2D eigenvalue weighted by atomic mass is 127. The summed E-state index contributed by atoms with van der Waals surface area (Å²) in [6.45, 7) is 3.95. The lowest BCUT2D eigenvalue weighted by molar-refractivity contribution is -0.0605. The zero-order valence-electron chi connectivity index (χ0n) is 15.9. The molecule has 0 radical (unpaired) electrons. The fourth-order valence-corrected chi connectivity index (χ4v) is 3.25. The van der Waals surface area contributed by atoms with Gasteiger partial charge in [0.15, 0.2) is 5.96 Å². The van der Waals surface area contributed by atoms with Gasteiger partial charge >= 0.3 is 0 Å². The SMILES string of the molecule is CN=C(NCc1cccc(C#N)c1)N1CC(C)OC(c2ccc(F)cc2)C1.I. The monoisotopic (exact) mass is 494 g/mol. The molecule has 0 amide bonds. The molecule has 0 bridgehead atoms. The van der Waals surface area contributed by atoms with E-state index in [-0.39, 0.29) is 42.0 Å². The van der Waals surface area contributed by atoms with Crippen LogP contribution in [0.1, 0.15) is 29.7 Å². The number of aliphatic imine (C=N–C) groups is 1. The van der Waals surface area contributed by atoms with Gasteiger partial charge in [0.25, 0.3) is 0 Å². The zero-order valence-corrected chi connectivity index (χ0v) is 18.3. The second-order valence-electron chi connectivity index (χ2n) is 6.60. The summed E-state index contributed by atoms with van der Waals surface area (Å²) in [5, 5.41) is 12.4. The number of benzene rings is 2. The van der Waals surface area contributed by atoms with Crippen LogP contribution in [0, 0.1) is 17.1 Å². The van der Waals surface area contributed by atoms with Gasteiger partial charge in [-0.3, -0.25) is 4.99 Å². The number of halogens is 2. The Morgan fingerprint density at radius 1 is 1.29 bits per heavy atom. The summed E-state index contributed by atoms with van der Waals surface area (Å²) in [6.07, 6.45) is -0.121. The van der Waals surface area contributed by atoms with Crippen LogP contribution in [0.3, 0.4) is 0 Å². The first kappa shape index (κ1) is 22.1. The molecule has 148 valence electrons. The zero-order chi connectivity index (χ0) is 19.2. The lowest BCUT2D eigenvalue weighted by atomic mass is 10.1. The second-order valence-corrected chi connectivity index (χ2v) is 6.60. The van der Waals surface area contributed by atoms with Crippen molar-refractivity contribution in [3.05, 3.63) is 71.0 Å². The van der Waals surface area contributed by atoms with Gasteiger partial charge in [0.05, 0.1) is 24.3 Å². The molecule has 1 aliphatic heterocycles. The molecular formula is C21H24FIN4O. The minimum Gasteiger partial charge on any atom is -0.367 e. The lowest BCUT2D eigenvalue weighted by Crippen LogP contribution is -2.50. The molecular weight excluding hydrogens is 470 g/mol. The van der Waals surface area contributed by atoms with Crippen molar-refractivity contribution >= 4 is 29.9 Å². The highest BCUT2D eigenvalue weighted by molar-refractivity contribution is 14.0. The molecule has 1 saturated heterocycles.